The number of carboxylic acids is 1. The summed E-state index contributed by atoms with van der Waals surface area (Å²) in [7, 11) is 0. The van der Waals surface area contributed by atoms with Gasteiger partial charge >= 0.3 is 12.0 Å². The Kier molecular flexibility index (Phi) is 10.8. The molecule has 0 aliphatic carbocycles. The first kappa shape index (κ1) is 18.7. The van der Waals surface area contributed by atoms with Crippen molar-refractivity contribution >= 4 is 12.0 Å². The van der Waals surface area contributed by atoms with Crippen LogP contribution in [0.25, 0.3) is 0 Å². The number of nitrogens with one attached hydrogen (secondary N) is 2. The van der Waals surface area contributed by atoms with E-state index in [1.807, 2.05) is 0 Å². The van der Waals surface area contributed by atoms with Crippen LogP contribution in [0, 0.1) is 11.8 Å². The Morgan fingerprint density at radius 2 is 1.70 bits per heavy atom. The van der Waals surface area contributed by atoms with Gasteiger partial charge < -0.3 is 15.7 Å². The van der Waals surface area contributed by atoms with Gasteiger partial charge in [0.05, 0.1) is 0 Å². The number of carbonyl (C=O) groups is 2. The normalized spacial score (nSPS) is 12.2. The topological polar surface area (TPSA) is 78.4 Å². The molecule has 5 nitrogen and oxygen atoms in total. The molecule has 0 aliphatic rings. The van der Waals surface area contributed by atoms with E-state index in [4.69, 9.17) is 5.11 Å². The van der Waals surface area contributed by atoms with Crippen LogP contribution in [0.2, 0.25) is 0 Å². The molecular formula is C15H30N2O3. The molecule has 0 saturated heterocycles. The lowest BCUT2D eigenvalue weighted by atomic mass is 9.88. The lowest BCUT2D eigenvalue weighted by Crippen LogP contribution is -2.37. The molecule has 0 aliphatic heterocycles. The minimum absolute atomic E-state index is 0.123. The minimum atomic E-state index is -0.753. The molecule has 0 rings (SSSR count). The molecule has 0 bridgehead atoms. The first-order valence-corrected chi connectivity index (χ1v) is 7.70. The monoisotopic (exact) mass is 286 g/mol. The third-order valence-electron chi connectivity index (χ3n) is 3.54. The van der Waals surface area contributed by atoms with Crippen molar-refractivity contribution in [3.63, 3.8) is 0 Å². The highest BCUT2D eigenvalue weighted by atomic mass is 16.4. The fraction of sp³-hybridized carbons (Fsp3) is 0.867. The van der Waals surface area contributed by atoms with Crippen LogP contribution in [0.3, 0.4) is 0 Å². The number of rotatable bonds is 11. The Labute approximate surface area is 122 Å². The molecule has 0 fully saturated rings. The number of carboxylic acid groups (broad SMARTS) is 1. The zero-order valence-corrected chi connectivity index (χ0v) is 13.1. The van der Waals surface area contributed by atoms with Crippen LogP contribution in [0.1, 0.15) is 59.3 Å². The highest BCUT2D eigenvalue weighted by molar-refractivity contribution is 5.73. The van der Waals surface area contributed by atoms with E-state index in [-0.39, 0.29) is 12.5 Å². The van der Waals surface area contributed by atoms with E-state index >= 15 is 0 Å². The summed E-state index contributed by atoms with van der Waals surface area (Å²) in [5.41, 5.74) is 0. The predicted octanol–water partition coefficient (Wildman–Crippen LogP) is 3.00. The SMILES string of the molecule is CCCCCNC(=O)NCCC(CCC(=O)O)C(C)C. The van der Waals surface area contributed by atoms with Crippen molar-refractivity contribution < 1.29 is 14.7 Å². The number of amides is 2. The van der Waals surface area contributed by atoms with Crippen molar-refractivity contribution in [2.24, 2.45) is 11.8 Å². The summed E-state index contributed by atoms with van der Waals surface area (Å²) >= 11 is 0. The molecule has 3 N–H and O–H groups in total. The number of aliphatic carboxylic acids is 1. The largest absolute Gasteiger partial charge is 0.481 e. The Hall–Kier alpha value is -1.26. The zero-order chi connectivity index (χ0) is 15.4. The van der Waals surface area contributed by atoms with Gasteiger partial charge in [-0.05, 0) is 31.1 Å². The molecule has 20 heavy (non-hydrogen) atoms. The van der Waals surface area contributed by atoms with Gasteiger partial charge in [0.1, 0.15) is 0 Å². The van der Waals surface area contributed by atoms with Gasteiger partial charge in [0.15, 0.2) is 0 Å². The van der Waals surface area contributed by atoms with Gasteiger partial charge in [0.25, 0.3) is 0 Å². The molecule has 0 aromatic heterocycles. The standard InChI is InChI=1S/C15H30N2O3/c1-4-5-6-10-16-15(20)17-11-9-13(12(2)3)7-8-14(18)19/h12-13H,4-11H2,1-3H3,(H,18,19)(H2,16,17,20). The lowest BCUT2D eigenvalue weighted by molar-refractivity contribution is -0.137. The van der Waals surface area contributed by atoms with Crippen molar-refractivity contribution in [3.05, 3.63) is 0 Å². The van der Waals surface area contributed by atoms with E-state index in [2.05, 4.69) is 31.4 Å². The van der Waals surface area contributed by atoms with E-state index in [1.165, 1.54) is 0 Å². The van der Waals surface area contributed by atoms with Crippen LogP contribution >= 0.6 is 0 Å². The molecule has 2 amide bonds. The summed E-state index contributed by atoms with van der Waals surface area (Å²) in [6, 6.07) is -0.123. The molecule has 0 aromatic carbocycles. The number of hydrogen-bond donors (Lipinski definition) is 3. The molecule has 118 valence electrons. The Morgan fingerprint density at radius 3 is 2.25 bits per heavy atom. The van der Waals surface area contributed by atoms with Crippen molar-refractivity contribution in [3.8, 4) is 0 Å². The van der Waals surface area contributed by atoms with Gasteiger partial charge in [-0.15, -0.1) is 0 Å². The molecule has 0 heterocycles. The zero-order valence-electron chi connectivity index (χ0n) is 13.1. The molecule has 0 radical (unpaired) electrons. The van der Waals surface area contributed by atoms with E-state index in [0.717, 1.165) is 25.7 Å². The van der Waals surface area contributed by atoms with E-state index in [9.17, 15) is 9.59 Å². The Bertz CT molecular complexity index is 280. The lowest BCUT2D eigenvalue weighted by Gasteiger charge is -2.20. The Morgan fingerprint density at radius 1 is 1.05 bits per heavy atom. The summed E-state index contributed by atoms with van der Waals surface area (Å²) in [5, 5.41) is 14.4. The minimum Gasteiger partial charge on any atom is -0.481 e. The molecule has 5 heteroatoms. The van der Waals surface area contributed by atoms with E-state index < -0.39 is 5.97 Å². The van der Waals surface area contributed by atoms with Crippen LogP contribution in [-0.2, 0) is 4.79 Å². The summed E-state index contributed by atoms with van der Waals surface area (Å²) < 4.78 is 0. The second-order valence-corrected chi connectivity index (χ2v) is 5.61. The molecule has 1 atom stereocenters. The maximum Gasteiger partial charge on any atom is 0.314 e. The number of hydrogen-bond acceptors (Lipinski definition) is 2. The summed E-state index contributed by atoms with van der Waals surface area (Å²) in [6.45, 7) is 7.63. The maximum absolute atomic E-state index is 11.5. The van der Waals surface area contributed by atoms with Crippen LogP contribution in [0.4, 0.5) is 4.79 Å². The molecule has 1 unspecified atom stereocenters. The van der Waals surface area contributed by atoms with Crippen molar-refractivity contribution in [1.29, 1.82) is 0 Å². The summed E-state index contributed by atoms with van der Waals surface area (Å²) in [4.78, 5) is 22.1. The fourth-order valence-electron chi connectivity index (χ4n) is 2.13. The van der Waals surface area contributed by atoms with Gasteiger partial charge in [-0.2, -0.15) is 0 Å². The molecular weight excluding hydrogens is 256 g/mol. The second kappa shape index (κ2) is 11.6. The third kappa shape index (κ3) is 10.6. The van der Waals surface area contributed by atoms with Gasteiger partial charge in [0, 0.05) is 19.5 Å². The molecule has 0 spiro atoms. The maximum atomic E-state index is 11.5. The first-order valence-electron chi connectivity index (χ1n) is 7.70. The van der Waals surface area contributed by atoms with E-state index in [1.54, 1.807) is 0 Å². The fourth-order valence-corrected chi connectivity index (χ4v) is 2.13. The number of urea groups is 1. The van der Waals surface area contributed by atoms with Crippen LogP contribution in [0.5, 0.6) is 0 Å². The van der Waals surface area contributed by atoms with Crippen LogP contribution in [-0.4, -0.2) is 30.2 Å². The van der Waals surface area contributed by atoms with Gasteiger partial charge in [-0.25, -0.2) is 4.79 Å². The summed E-state index contributed by atoms with van der Waals surface area (Å²) in [6.07, 6.45) is 4.98. The van der Waals surface area contributed by atoms with Gasteiger partial charge in [-0.3, -0.25) is 4.79 Å². The average molecular weight is 286 g/mol. The van der Waals surface area contributed by atoms with Crippen molar-refractivity contribution in [1.82, 2.24) is 10.6 Å². The molecule has 0 aromatic rings. The quantitative estimate of drug-likeness (QED) is 0.511. The predicted molar refractivity (Wildman–Crippen MR) is 80.7 cm³/mol. The van der Waals surface area contributed by atoms with Crippen molar-refractivity contribution in [2.75, 3.05) is 13.1 Å². The summed E-state index contributed by atoms with van der Waals surface area (Å²) in [5.74, 6) is 0.0209. The van der Waals surface area contributed by atoms with Crippen LogP contribution in [0.15, 0.2) is 0 Å². The van der Waals surface area contributed by atoms with Gasteiger partial charge in [0.2, 0.25) is 0 Å². The highest BCUT2D eigenvalue weighted by Crippen LogP contribution is 2.20. The average Bonchev–Trinajstić information content (AvgIpc) is 2.38. The Balaban J connectivity index is 3.76. The number of unbranched alkanes of at least 4 members (excludes halogenated alkanes) is 2. The number of carbonyl (C=O) groups excluding carboxylic acids is 1. The smallest absolute Gasteiger partial charge is 0.314 e. The van der Waals surface area contributed by atoms with Gasteiger partial charge in [-0.1, -0.05) is 33.6 Å². The van der Waals surface area contributed by atoms with Crippen LogP contribution < -0.4 is 10.6 Å². The third-order valence-corrected chi connectivity index (χ3v) is 3.54. The second-order valence-electron chi connectivity index (χ2n) is 5.61. The molecule has 0 saturated carbocycles. The highest BCUT2D eigenvalue weighted by Gasteiger charge is 2.15. The van der Waals surface area contributed by atoms with Crippen molar-refractivity contribution in [2.45, 2.75) is 59.3 Å². The van der Waals surface area contributed by atoms with E-state index in [0.29, 0.717) is 31.3 Å². The first-order chi connectivity index (χ1) is 9.47.